The molecule has 3 aromatic heterocycles. The first-order valence-electron chi connectivity index (χ1n) is 8.36. The molecule has 0 radical (unpaired) electrons. The summed E-state index contributed by atoms with van der Waals surface area (Å²) in [6, 6.07) is 1.84. The first kappa shape index (κ1) is 15.6. The summed E-state index contributed by atoms with van der Waals surface area (Å²) in [6.07, 6.45) is 11.0. The number of rotatable bonds is 2. The van der Waals surface area contributed by atoms with E-state index in [4.69, 9.17) is 0 Å². The van der Waals surface area contributed by atoms with Crippen LogP contribution in [0, 0.1) is 5.82 Å². The van der Waals surface area contributed by atoms with Crippen molar-refractivity contribution in [2.75, 3.05) is 5.32 Å². The Morgan fingerprint density at radius 2 is 1.88 bits per heavy atom. The van der Waals surface area contributed by atoms with E-state index in [2.05, 4.69) is 25.5 Å². The standard InChI is InChI=1S/C14H11FN6O.C3H6/c15-9-5-16-14(17-6-9)19-13(22)10-4-8-2-1-3-11(8)21-7-18-20-12(10)21;1-2-3-1/h4-7H,1-3H2,(H,16,17,19,22);1-3H2. The van der Waals surface area contributed by atoms with Gasteiger partial charge in [0.25, 0.3) is 5.91 Å². The lowest BCUT2D eigenvalue weighted by atomic mass is 10.1. The summed E-state index contributed by atoms with van der Waals surface area (Å²) >= 11 is 0. The number of halogens is 1. The van der Waals surface area contributed by atoms with E-state index >= 15 is 0 Å². The van der Waals surface area contributed by atoms with Gasteiger partial charge in [-0.15, -0.1) is 10.2 Å². The fraction of sp³-hybridized carbons (Fsp3) is 0.353. The number of hydrogen-bond acceptors (Lipinski definition) is 5. The molecule has 0 spiro atoms. The molecule has 3 aromatic rings. The highest BCUT2D eigenvalue weighted by molar-refractivity contribution is 6.07. The highest BCUT2D eigenvalue weighted by Crippen LogP contribution is 2.25. The molecular weight excluding hydrogens is 323 g/mol. The van der Waals surface area contributed by atoms with Crippen molar-refractivity contribution in [2.45, 2.75) is 38.5 Å². The number of pyridine rings is 1. The van der Waals surface area contributed by atoms with E-state index in [1.54, 1.807) is 6.33 Å². The average Bonchev–Trinajstić information content (AvgIpc) is 3.28. The second-order valence-electron chi connectivity index (χ2n) is 6.15. The molecule has 7 nitrogen and oxygen atoms in total. The molecule has 0 atom stereocenters. The van der Waals surface area contributed by atoms with Crippen molar-refractivity contribution in [2.24, 2.45) is 0 Å². The van der Waals surface area contributed by atoms with E-state index in [0.717, 1.165) is 42.9 Å². The maximum absolute atomic E-state index is 12.8. The molecular formula is C17H17FN6O. The number of nitrogens with zero attached hydrogens (tertiary/aromatic N) is 5. The molecule has 1 saturated carbocycles. The van der Waals surface area contributed by atoms with E-state index in [0.29, 0.717) is 11.2 Å². The Hall–Kier alpha value is -2.90. The Bertz CT molecular complexity index is 916. The van der Waals surface area contributed by atoms with Crippen LogP contribution in [0.1, 0.15) is 47.3 Å². The van der Waals surface area contributed by atoms with Gasteiger partial charge >= 0.3 is 0 Å². The number of anilines is 1. The Morgan fingerprint density at radius 1 is 1.12 bits per heavy atom. The summed E-state index contributed by atoms with van der Waals surface area (Å²) in [6.45, 7) is 0. The zero-order valence-corrected chi connectivity index (χ0v) is 13.6. The van der Waals surface area contributed by atoms with Gasteiger partial charge in [0, 0.05) is 5.69 Å². The molecule has 0 saturated heterocycles. The van der Waals surface area contributed by atoms with Gasteiger partial charge in [0.05, 0.1) is 18.0 Å². The van der Waals surface area contributed by atoms with Crippen LogP contribution in [-0.2, 0) is 12.8 Å². The Kier molecular flexibility index (Phi) is 4.09. The van der Waals surface area contributed by atoms with Crippen LogP contribution in [0.15, 0.2) is 24.8 Å². The largest absolute Gasteiger partial charge is 0.290 e. The molecule has 1 amide bonds. The first-order valence-corrected chi connectivity index (χ1v) is 8.36. The highest BCUT2D eigenvalue weighted by Gasteiger charge is 2.21. The highest BCUT2D eigenvalue weighted by atomic mass is 19.1. The van der Waals surface area contributed by atoms with Gasteiger partial charge in [-0.1, -0.05) is 19.3 Å². The van der Waals surface area contributed by atoms with Crippen LogP contribution in [0.5, 0.6) is 0 Å². The van der Waals surface area contributed by atoms with E-state index in [9.17, 15) is 9.18 Å². The van der Waals surface area contributed by atoms with Gasteiger partial charge in [0.1, 0.15) is 6.33 Å². The summed E-state index contributed by atoms with van der Waals surface area (Å²) in [5.74, 6) is -0.903. The van der Waals surface area contributed by atoms with Crippen LogP contribution < -0.4 is 5.32 Å². The van der Waals surface area contributed by atoms with E-state index < -0.39 is 5.82 Å². The summed E-state index contributed by atoms with van der Waals surface area (Å²) in [7, 11) is 0. The van der Waals surface area contributed by atoms with Gasteiger partial charge in [-0.3, -0.25) is 14.5 Å². The molecule has 1 N–H and O–H groups in total. The average molecular weight is 340 g/mol. The summed E-state index contributed by atoms with van der Waals surface area (Å²) in [4.78, 5) is 19.9. The first-order chi connectivity index (χ1) is 12.2. The molecule has 8 heteroatoms. The van der Waals surface area contributed by atoms with Crippen LogP contribution >= 0.6 is 0 Å². The van der Waals surface area contributed by atoms with Crippen molar-refractivity contribution in [1.82, 2.24) is 24.6 Å². The summed E-state index contributed by atoms with van der Waals surface area (Å²) in [5.41, 5.74) is 3.18. The number of hydrogen-bond donors (Lipinski definition) is 1. The monoisotopic (exact) mass is 340 g/mol. The third kappa shape index (κ3) is 3.33. The zero-order valence-electron chi connectivity index (χ0n) is 13.6. The molecule has 0 bridgehead atoms. The molecule has 0 unspecified atom stereocenters. The second-order valence-corrected chi connectivity index (χ2v) is 6.15. The minimum atomic E-state index is -0.560. The van der Waals surface area contributed by atoms with Crippen molar-refractivity contribution in [3.8, 4) is 0 Å². The topological polar surface area (TPSA) is 85.1 Å². The molecule has 3 heterocycles. The fourth-order valence-corrected chi connectivity index (χ4v) is 2.75. The number of nitrogens with one attached hydrogen (secondary N) is 1. The van der Waals surface area contributed by atoms with Crippen LogP contribution in [0.3, 0.4) is 0 Å². The maximum Gasteiger partial charge on any atom is 0.261 e. The molecule has 25 heavy (non-hydrogen) atoms. The molecule has 0 aliphatic heterocycles. The van der Waals surface area contributed by atoms with Crippen LogP contribution in [0.25, 0.3) is 5.65 Å². The lowest BCUT2D eigenvalue weighted by Gasteiger charge is -2.08. The predicted molar refractivity (Wildman–Crippen MR) is 88.8 cm³/mol. The van der Waals surface area contributed by atoms with Crippen molar-refractivity contribution in [1.29, 1.82) is 0 Å². The molecule has 1 fully saturated rings. The lowest BCUT2D eigenvalue weighted by molar-refractivity contribution is 0.102. The summed E-state index contributed by atoms with van der Waals surface area (Å²) < 4.78 is 14.7. The van der Waals surface area contributed by atoms with E-state index in [1.807, 2.05) is 10.5 Å². The van der Waals surface area contributed by atoms with Crippen molar-refractivity contribution in [3.05, 3.63) is 47.4 Å². The zero-order chi connectivity index (χ0) is 17.2. The lowest BCUT2D eigenvalue weighted by Crippen LogP contribution is -2.16. The summed E-state index contributed by atoms with van der Waals surface area (Å²) in [5, 5.41) is 10.5. The van der Waals surface area contributed by atoms with Crippen LogP contribution in [0.4, 0.5) is 10.3 Å². The third-order valence-electron chi connectivity index (χ3n) is 4.07. The SMILES string of the molecule is C1CC1.O=C(Nc1ncc(F)cn1)c1cc2c(n3cnnc13)CCC2. The number of fused-ring (bicyclic) bond motifs is 3. The molecule has 5 rings (SSSR count). The fourth-order valence-electron chi connectivity index (χ4n) is 2.75. The Labute approximate surface area is 143 Å². The van der Waals surface area contributed by atoms with Crippen LogP contribution in [-0.4, -0.2) is 30.5 Å². The maximum atomic E-state index is 12.8. The number of aryl methyl sites for hydroxylation is 2. The van der Waals surface area contributed by atoms with Gasteiger partial charge in [-0.2, -0.15) is 0 Å². The van der Waals surface area contributed by atoms with Gasteiger partial charge in [0.2, 0.25) is 5.95 Å². The van der Waals surface area contributed by atoms with E-state index in [-0.39, 0.29) is 11.9 Å². The minimum Gasteiger partial charge on any atom is -0.290 e. The minimum absolute atomic E-state index is 0.0459. The van der Waals surface area contributed by atoms with Crippen molar-refractivity contribution < 1.29 is 9.18 Å². The Morgan fingerprint density at radius 3 is 2.60 bits per heavy atom. The second kappa shape index (κ2) is 6.54. The van der Waals surface area contributed by atoms with Gasteiger partial charge in [-0.05, 0) is 30.9 Å². The molecule has 2 aliphatic rings. The number of aromatic nitrogens is 5. The van der Waals surface area contributed by atoms with E-state index in [1.165, 1.54) is 19.3 Å². The number of carbonyl (C=O) groups excluding carboxylic acids is 1. The molecule has 128 valence electrons. The number of carbonyl (C=O) groups is 1. The smallest absolute Gasteiger partial charge is 0.261 e. The molecule has 0 aromatic carbocycles. The third-order valence-corrected chi connectivity index (χ3v) is 4.07. The van der Waals surface area contributed by atoms with Gasteiger partial charge in [-0.25, -0.2) is 14.4 Å². The molecule has 2 aliphatic carbocycles. The number of amides is 1. The Balaban J connectivity index is 0.000000474. The predicted octanol–water partition coefficient (Wildman–Crippen LogP) is 2.57. The van der Waals surface area contributed by atoms with Gasteiger partial charge < -0.3 is 0 Å². The normalized spacial score (nSPS) is 14.6. The quantitative estimate of drug-likeness (QED) is 0.775. The van der Waals surface area contributed by atoms with Crippen molar-refractivity contribution in [3.63, 3.8) is 0 Å². The van der Waals surface area contributed by atoms with Gasteiger partial charge in [0.15, 0.2) is 11.5 Å². The van der Waals surface area contributed by atoms with Crippen molar-refractivity contribution >= 4 is 17.5 Å². The van der Waals surface area contributed by atoms with Crippen LogP contribution in [0.2, 0.25) is 0 Å².